The number of thioether (sulfide) groups is 1. The molecule has 9 nitrogen and oxygen atoms in total. The monoisotopic (exact) mass is 491 g/mol. The maximum Gasteiger partial charge on any atom is 0.234 e. The Hall–Kier alpha value is -3.63. The summed E-state index contributed by atoms with van der Waals surface area (Å²) < 4.78 is 13.2. The van der Waals surface area contributed by atoms with Crippen molar-refractivity contribution in [2.75, 3.05) is 42.3 Å². The van der Waals surface area contributed by atoms with Gasteiger partial charge in [0.2, 0.25) is 11.9 Å². The topological polar surface area (TPSA) is 102 Å². The van der Waals surface area contributed by atoms with Gasteiger partial charge in [0, 0.05) is 25.4 Å². The fourth-order valence-electron chi connectivity index (χ4n) is 4.07. The Balaban J connectivity index is 1.40. The van der Waals surface area contributed by atoms with Crippen LogP contribution in [-0.4, -0.2) is 58.5 Å². The number of rotatable bonds is 7. The van der Waals surface area contributed by atoms with Gasteiger partial charge in [-0.3, -0.25) is 14.2 Å². The fourth-order valence-corrected chi connectivity index (χ4v) is 4.81. The van der Waals surface area contributed by atoms with Crippen LogP contribution in [0.25, 0.3) is 16.7 Å². The summed E-state index contributed by atoms with van der Waals surface area (Å²) in [6.45, 7) is 6.14. The van der Waals surface area contributed by atoms with E-state index < -0.39 is 0 Å². The van der Waals surface area contributed by atoms with E-state index in [2.05, 4.69) is 20.4 Å². The number of anilines is 2. The Labute approximate surface area is 206 Å². The van der Waals surface area contributed by atoms with Gasteiger partial charge in [-0.2, -0.15) is 0 Å². The lowest BCUT2D eigenvalue weighted by Gasteiger charge is -2.28. The first-order valence-electron chi connectivity index (χ1n) is 11.3. The Morgan fingerprint density at radius 3 is 2.57 bits per heavy atom. The molecule has 3 heterocycles. The van der Waals surface area contributed by atoms with Gasteiger partial charge in [-0.25, -0.2) is 0 Å². The number of carbonyl (C=O) groups excluding carboxylic acids is 2. The van der Waals surface area contributed by atoms with Crippen LogP contribution in [-0.2, 0) is 9.53 Å². The van der Waals surface area contributed by atoms with Gasteiger partial charge in [-0.05, 0) is 30.7 Å². The molecule has 5 rings (SSSR count). The van der Waals surface area contributed by atoms with Gasteiger partial charge in [0.25, 0.3) is 0 Å². The molecular weight excluding hydrogens is 466 g/mol. The molecule has 1 aliphatic heterocycles. The first kappa shape index (κ1) is 23.1. The normalized spacial score (nSPS) is 13.8. The average molecular weight is 492 g/mol. The number of ether oxygens (including phenoxy) is 1. The second-order valence-corrected chi connectivity index (χ2v) is 9.14. The summed E-state index contributed by atoms with van der Waals surface area (Å²) in [5.41, 5.74) is 2.98. The number of fused-ring (bicyclic) bond motifs is 1. The number of benzene rings is 2. The largest absolute Gasteiger partial charge is 0.451 e. The van der Waals surface area contributed by atoms with Crippen LogP contribution in [0.2, 0.25) is 0 Å². The first-order chi connectivity index (χ1) is 17.0. The molecular formula is C25H25N5O4S. The van der Waals surface area contributed by atoms with Crippen molar-refractivity contribution in [3.05, 3.63) is 59.9 Å². The van der Waals surface area contributed by atoms with Crippen LogP contribution in [0.15, 0.2) is 58.1 Å². The fraction of sp³-hybridized carbons (Fsp3) is 0.280. The second kappa shape index (κ2) is 9.93. The number of amides is 1. The lowest BCUT2D eigenvalue weighted by Crippen LogP contribution is -2.38. The summed E-state index contributed by atoms with van der Waals surface area (Å²) >= 11 is 1.29. The van der Waals surface area contributed by atoms with Crippen molar-refractivity contribution in [1.82, 2.24) is 14.8 Å². The van der Waals surface area contributed by atoms with Crippen molar-refractivity contribution in [3.8, 4) is 5.69 Å². The SMILES string of the molecule is CC(=O)c1oc2ccccc2c1NC(=O)CSc1nnc(N2CCOCC2)n1-c1ccccc1C. The van der Waals surface area contributed by atoms with E-state index in [1.165, 1.54) is 18.7 Å². The summed E-state index contributed by atoms with van der Waals surface area (Å²) in [5, 5.41) is 13.0. The van der Waals surface area contributed by atoms with E-state index in [4.69, 9.17) is 9.15 Å². The van der Waals surface area contributed by atoms with Gasteiger partial charge < -0.3 is 19.4 Å². The summed E-state index contributed by atoms with van der Waals surface area (Å²) in [5.74, 6) is 0.437. The van der Waals surface area contributed by atoms with Crippen molar-refractivity contribution in [2.45, 2.75) is 19.0 Å². The van der Waals surface area contributed by atoms with Crippen LogP contribution >= 0.6 is 11.8 Å². The van der Waals surface area contributed by atoms with Gasteiger partial charge in [0.05, 0.1) is 30.3 Å². The van der Waals surface area contributed by atoms with E-state index in [1.54, 1.807) is 6.07 Å². The van der Waals surface area contributed by atoms with Gasteiger partial charge in [-0.1, -0.05) is 42.1 Å². The van der Waals surface area contributed by atoms with Crippen molar-refractivity contribution < 1.29 is 18.7 Å². The molecule has 1 saturated heterocycles. The van der Waals surface area contributed by atoms with E-state index in [1.807, 2.05) is 54.0 Å². The van der Waals surface area contributed by atoms with Crippen LogP contribution in [0.5, 0.6) is 0 Å². The van der Waals surface area contributed by atoms with E-state index in [0.29, 0.717) is 35.0 Å². The molecule has 1 N–H and O–H groups in total. The number of aryl methyl sites for hydroxylation is 1. The third-order valence-corrected chi connectivity index (χ3v) is 6.71. The highest BCUT2D eigenvalue weighted by Gasteiger charge is 2.24. The number of aromatic nitrogens is 3. The number of ketones is 1. The molecule has 0 spiro atoms. The minimum atomic E-state index is -0.267. The Morgan fingerprint density at radius 1 is 1.06 bits per heavy atom. The van der Waals surface area contributed by atoms with Gasteiger partial charge in [-0.15, -0.1) is 10.2 Å². The number of nitrogens with one attached hydrogen (secondary N) is 1. The van der Waals surface area contributed by atoms with Crippen LogP contribution in [0, 0.1) is 6.92 Å². The lowest BCUT2D eigenvalue weighted by molar-refractivity contribution is -0.113. The molecule has 0 aliphatic carbocycles. The maximum atomic E-state index is 13.0. The highest BCUT2D eigenvalue weighted by atomic mass is 32.2. The molecule has 0 saturated carbocycles. The highest BCUT2D eigenvalue weighted by Crippen LogP contribution is 2.32. The predicted molar refractivity (Wildman–Crippen MR) is 135 cm³/mol. The van der Waals surface area contributed by atoms with Crippen molar-refractivity contribution in [1.29, 1.82) is 0 Å². The zero-order valence-electron chi connectivity index (χ0n) is 19.5. The summed E-state index contributed by atoms with van der Waals surface area (Å²) in [6.07, 6.45) is 0. The molecule has 0 radical (unpaired) electrons. The number of hydrogen-bond donors (Lipinski definition) is 1. The number of carbonyl (C=O) groups is 2. The average Bonchev–Trinajstić information content (AvgIpc) is 3.46. The number of furan rings is 1. The predicted octanol–water partition coefficient (Wildman–Crippen LogP) is 4.09. The minimum absolute atomic E-state index is 0.0873. The van der Waals surface area contributed by atoms with Gasteiger partial charge in [0.1, 0.15) is 5.58 Å². The van der Waals surface area contributed by atoms with Crippen molar-refractivity contribution in [3.63, 3.8) is 0 Å². The zero-order valence-corrected chi connectivity index (χ0v) is 20.3. The van der Waals surface area contributed by atoms with Crippen LogP contribution < -0.4 is 10.2 Å². The molecule has 2 aromatic heterocycles. The smallest absolute Gasteiger partial charge is 0.234 e. The Morgan fingerprint density at radius 2 is 1.80 bits per heavy atom. The third kappa shape index (κ3) is 4.67. The van der Waals surface area contributed by atoms with Gasteiger partial charge >= 0.3 is 0 Å². The molecule has 2 aromatic carbocycles. The van der Waals surface area contributed by atoms with Crippen molar-refractivity contribution in [2.24, 2.45) is 0 Å². The molecule has 35 heavy (non-hydrogen) atoms. The van der Waals surface area contributed by atoms with E-state index in [0.717, 1.165) is 30.3 Å². The number of Topliss-reactive ketones (excluding diaryl/α,β-unsaturated/α-hetero) is 1. The van der Waals surface area contributed by atoms with Crippen LogP contribution in [0.4, 0.5) is 11.6 Å². The van der Waals surface area contributed by atoms with E-state index >= 15 is 0 Å². The Bertz CT molecular complexity index is 1390. The second-order valence-electron chi connectivity index (χ2n) is 8.20. The quantitative estimate of drug-likeness (QED) is 0.305. The third-order valence-electron chi connectivity index (χ3n) is 5.78. The zero-order chi connectivity index (χ0) is 24.4. The van der Waals surface area contributed by atoms with Gasteiger partial charge in [0.15, 0.2) is 16.7 Å². The standard InChI is InChI=1S/C25H25N5O4S/c1-16-7-3-5-9-19(16)30-24(29-11-13-33-14-12-29)27-28-25(30)35-15-21(32)26-22-18-8-4-6-10-20(18)34-23(22)17(2)31/h3-10H,11-15H2,1-2H3,(H,26,32). The molecule has 0 bridgehead atoms. The molecule has 4 aromatic rings. The molecule has 1 amide bonds. The summed E-state index contributed by atoms with van der Waals surface area (Å²) in [7, 11) is 0. The highest BCUT2D eigenvalue weighted by molar-refractivity contribution is 7.99. The molecule has 10 heteroatoms. The number of hydrogen-bond acceptors (Lipinski definition) is 8. The van der Waals surface area contributed by atoms with Crippen LogP contribution in [0.1, 0.15) is 23.0 Å². The number of morpholine rings is 1. The Kier molecular flexibility index (Phi) is 6.56. The summed E-state index contributed by atoms with van der Waals surface area (Å²) in [4.78, 5) is 27.2. The molecule has 1 aliphatic rings. The number of para-hydroxylation sites is 2. The molecule has 1 fully saturated rings. The number of nitrogens with zero attached hydrogens (tertiary/aromatic N) is 4. The van der Waals surface area contributed by atoms with E-state index in [-0.39, 0.29) is 23.2 Å². The van der Waals surface area contributed by atoms with Crippen molar-refractivity contribution >= 4 is 46.1 Å². The summed E-state index contributed by atoms with van der Waals surface area (Å²) in [6, 6.07) is 15.3. The minimum Gasteiger partial charge on any atom is -0.451 e. The van der Waals surface area contributed by atoms with Crippen LogP contribution in [0.3, 0.4) is 0 Å². The molecule has 180 valence electrons. The lowest BCUT2D eigenvalue weighted by atomic mass is 10.2. The van der Waals surface area contributed by atoms with E-state index in [9.17, 15) is 9.59 Å². The molecule has 0 unspecified atom stereocenters. The first-order valence-corrected chi connectivity index (χ1v) is 12.3. The maximum absolute atomic E-state index is 13.0. The molecule has 0 atom stereocenters.